The smallest absolute Gasteiger partial charge is 0.320 e. The SMILES string of the molecule is CCCc1ccccc1Nc1nnc(CNC(C)C)o1. The standard InChI is InChI=1S/C15H22N4O/c1-4-7-12-8-5-6-9-13(12)17-15-19-18-14(20-15)10-16-11(2)3/h5-6,8-9,11,16H,4,7,10H2,1-3H3,(H,17,19). The van der Waals surface area contributed by atoms with E-state index in [0.717, 1.165) is 18.5 Å². The number of aromatic nitrogens is 2. The number of nitrogens with one attached hydrogen (secondary N) is 2. The largest absolute Gasteiger partial charge is 0.406 e. The lowest BCUT2D eigenvalue weighted by molar-refractivity contribution is 0.460. The number of aryl methyl sites for hydroxylation is 1. The Balaban J connectivity index is 2.03. The fourth-order valence-corrected chi connectivity index (χ4v) is 1.91. The number of rotatable bonds is 7. The number of hydrogen-bond donors (Lipinski definition) is 2. The quantitative estimate of drug-likeness (QED) is 0.811. The summed E-state index contributed by atoms with van der Waals surface area (Å²) in [5.41, 5.74) is 2.29. The summed E-state index contributed by atoms with van der Waals surface area (Å²) in [6.45, 7) is 6.91. The van der Waals surface area contributed by atoms with Gasteiger partial charge < -0.3 is 15.1 Å². The number of nitrogens with zero attached hydrogens (tertiary/aromatic N) is 2. The van der Waals surface area contributed by atoms with Gasteiger partial charge in [-0.3, -0.25) is 0 Å². The number of para-hydroxylation sites is 1. The van der Waals surface area contributed by atoms with Crippen molar-refractivity contribution in [3.63, 3.8) is 0 Å². The fraction of sp³-hybridized carbons (Fsp3) is 0.467. The molecular weight excluding hydrogens is 252 g/mol. The Labute approximate surface area is 119 Å². The first-order valence-electron chi connectivity index (χ1n) is 7.09. The molecule has 0 aliphatic heterocycles. The van der Waals surface area contributed by atoms with Gasteiger partial charge in [-0.2, -0.15) is 0 Å². The van der Waals surface area contributed by atoms with Crippen molar-refractivity contribution in [1.82, 2.24) is 15.5 Å². The molecule has 5 nitrogen and oxygen atoms in total. The molecule has 0 aliphatic rings. The third-order valence-electron chi connectivity index (χ3n) is 2.91. The van der Waals surface area contributed by atoms with Crippen LogP contribution in [-0.4, -0.2) is 16.2 Å². The highest BCUT2D eigenvalue weighted by atomic mass is 16.4. The third-order valence-corrected chi connectivity index (χ3v) is 2.91. The van der Waals surface area contributed by atoms with E-state index in [0.29, 0.717) is 24.5 Å². The summed E-state index contributed by atoms with van der Waals surface area (Å²) in [7, 11) is 0. The van der Waals surface area contributed by atoms with Crippen LogP contribution >= 0.6 is 0 Å². The highest BCUT2D eigenvalue weighted by molar-refractivity contribution is 5.57. The van der Waals surface area contributed by atoms with E-state index in [-0.39, 0.29) is 0 Å². The molecule has 0 spiro atoms. The molecule has 2 rings (SSSR count). The second kappa shape index (κ2) is 7.05. The van der Waals surface area contributed by atoms with Gasteiger partial charge in [-0.1, -0.05) is 50.5 Å². The summed E-state index contributed by atoms with van der Waals surface area (Å²) in [6, 6.07) is 9.02. The molecule has 5 heteroatoms. The molecule has 1 aromatic carbocycles. The van der Waals surface area contributed by atoms with E-state index in [1.165, 1.54) is 5.56 Å². The van der Waals surface area contributed by atoms with Crippen LogP contribution in [0.3, 0.4) is 0 Å². The van der Waals surface area contributed by atoms with Crippen LogP contribution < -0.4 is 10.6 Å². The van der Waals surface area contributed by atoms with Crippen molar-refractivity contribution >= 4 is 11.7 Å². The summed E-state index contributed by atoms with van der Waals surface area (Å²) in [5, 5.41) is 14.5. The Kier molecular flexibility index (Phi) is 5.12. The summed E-state index contributed by atoms with van der Waals surface area (Å²) in [5.74, 6) is 0.592. The topological polar surface area (TPSA) is 63.0 Å². The second-order valence-electron chi connectivity index (χ2n) is 5.07. The minimum absolute atomic E-state index is 0.392. The molecule has 1 aromatic heterocycles. The van der Waals surface area contributed by atoms with Crippen molar-refractivity contribution in [2.75, 3.05) is 5.32 Å². The Morgan fingerprint density at radius 2 is 2.00 bits per heavy atom. The van der Waals surface area contributed by atoms with Crippen LogP contribution in [0.1, 0.15) is 38.6 Å². The lowest BCUT2D eigenvalue weighted by Crippen LogP contribution is -2.21. The Morgan fingerprint density at radius 1 is 1.20 bits per heavy atom. The third kappa shape index (κ3) is 4.06. The zero-order chi connectivity index (χ0) is 14.4. The van der Waals surface area contributed by atoms with Gasteiger partial charge in [0.2, 0.25) is 5.89 Å². The predicted octanol–water partition coefficient (Wildman–Crippen LogP) is 3.26. The Bertz CT molecular complexity index is 536. The van der Waals surface area contributed by atoms with Crippen molar-refractivity contribution in [2.45, 2.75) is 46.2 Å². The molecule has 0 unspecified atom stereocenters. The van der Waals surface area contributed by atoms with Gasteiger partial charge in [-0.05, 0) is 18.1 Å². The van der Waals surface area contributed by atoms with Crippen molar-refractivity contribution < 1.29 is 4.42 Å². The van der Waals surface area contributed by atoms with E-state index in [4.69, 9.17) is 4.42 Å². The first-order valence-corrected chi connectivity index (χ1v) is 7.09. The zero-order valence-corrected chi connectivity index (χ0v) is 12.3. The van der Waals surface area contributed by atoms with Crippen molar-refractivity contribution in [3.8, 4) is 0 Å². The lowest BCUT2D eigenvalue weighted by Gasteiger charge is -2.08. The van der Waals surface area contributed by atoms with Crippen molar-refractivity contribution in [1.29, 1.82) is 0 Å². The monoisotopic (exact) mass is 274 g/mol. The molecule has 20 heavy (non-hydrogen) atoms. The van der Waals surface area contributed by atoms with Gasteiger partial charge in [0.15, 0.2) is 0 Å². The van der Waals surface area contributed by atoms with Crippen LogP contribution in [-0.2, 0) is 13.0 Å². The molecule has 0 atom stereocenters. The highest BCUT2D eigenvalue weighted by Gasteiger charge is 2.08. The average molecular weight is 274 g/mol. The van der Waals surface area contributed by atoms with E-state index in [9.17, 15) is 0 Å². The van der Waals surface area contributed by atoms with E-state index < -0.39 is 0 Å². The zero-order valence-electron chi connectivity index (χ0n) is 12.3. The van der Waals surface area contributed by atoms with Crippen LogP contribution in [0.25, 0.3) is 0 Å². The van der Waals surface area contributed by atoms with Gasteiger partial charge in [0.1, 0.15) is 0 Å². The van der Waals surface area contributed by atoms with Crippen molar-refractivity contribution in [3.05, 3.63) is 35.7 Å². The number of hydrogen-bond acceptors (Lipinski definition) is 5. The van der Waals surface area contributed by atoms with E-state index in [1.807, 2.05) is 18.2 Å². The molecular formula is C15H22N4O. The average Bonchev–Trinajstić information content (AvgIpc) is 2.87. The molecule has 0 fully saturated rings. The maximum atomic E-state index is 5.58. The molecule has 0 amide bonds. The minimum Gasteiger partial charge on any atom is -0.406 e. The molecule has 0 saturated carbocycles. The van der Waals surface area contributed by atoms with E-state index >= 15 is 0 Å². The molecule has 0 saturated heterocycles. The van der Waals surface area contributed by atoms with Crippen molar-refractivity contribution in [2.24, 2.45) is 0 Å². The van der Waals surface area contributed by atoms with Crippen LogP contribution in [0.15, 0.2) is 28.7 Å². The normalized spacial score (nSPS) is 11.0. The van der Waals surface area contributed by atoms with Gasteiger partial charge in [0, 0.05) is 11.7 Å². The Morgan fingerprint density at radius 3 is 2.75 bits per heavy atom. The minimum atomic E-state index is 0.392. The van der Waals surface area contributed by atoms with Crippen LogP contribution in [0, 0.1) is 0 Å². The maximum absolute atomic E-state index is 5.58. The summed E-state index contributed by atoms with van der Waals surface area (Å²) in [4.78, 5) is 0. The van der Waals surface area contributed by atoms with E-state index in [1.54, 1.807) is 0 Å². The van der Waals surface area contributed by atoms with Crippen LogP contribution in [0.5, 0.6) is 0 Å². The molecule has 0 radical (unpaired) electrons. The van der Waals surface area contributed by atoms with Gasteiger partial charge in [0.25, 0.3) is 0 Å². The van der Waals surface area contributed by atoms with Gasteiger partial charge in [-0.15, -0.1) is 5.10 Å². The predicted molar refractivity (Wildman–Crippen MR) is 80.0 cm³/mol. The summed E-state index contributed by atoms with van der Waals surface area (Å²) < 4.78 is 5.58. The first kappa shape index (κ1) is 14.5. The summed E-state index contributed by atoms with van der Waals surface area (Å²) in [6.07, 6.45) is 2.13. The molecule has 2 N–H and O–H groups in total. The van der Waals surface area contributed by atoms with Gasteiger partial charge >= 0.3 is 6.01 Å². The Hall–Kier alpha value is -1.88. The summed E-state index contributed by atoms with van der Waals surface area (Å²) >= 11 is 0. The lowest BCUT2D eigenvalue weighted by atomic mass is 10.1. The molecule has 0 bridgehead atoms. The van der Waals surface area contributed by atoms with Crippen LogP contribution in [0.2, 0.25) is 0 Å². The van der Waals surface area contributed by atoms with E-state index in [2.05, 4.69) is 47.7 Å². The molecule has 108 valence electrons. The fourth-order valence-electron chi connectivity index (χ4n) is 1.91. The number of anilines is 2. The maximum Gasteiger partial charge on any atom is 0.320 e. The molecule has 2 aromatic rings. The highest BCUT2D eigenvalue weighted by Crippen LogP contribution is 2.21. The van der Waals surface area contributed by atoms with Gasteiger partial charge in [-0.25, -0.2) is 0 Å². The second-order valence-corrected chi connectivity index (χ2v) is 5.07. The molecule has 1 heterocycles. The number of benzene rings is 1. The van der Waals surface area contributed by atoms with Crippen LogP contribution in [0.4, 0.5) is 11.7 Å². The van der Waals surface area contributed by atoms with Gasteiger partial charge in [0.05, 0.1) is 6.54 Å². The first-order chi connectivity index (χ1) is 9.69. The molecule has 0 aliphatic carbocycles.